The average Bonchev–Trinajstić information content (AvgIpc) is 2.39. The highest BCUT2D eigenvalue weighted by Crippen LogP contribution is 2.29. The molecule has 4 nitrogen and oxygen atoms in total. The van der Waals surface area contributed by atoms with Gasteiger partial charge in [0.25, 0.3) is 0 Å². The van der Waals surface area contributed by atoms with Gasteiger partial charge in [-0.05, 0) is 57.5 Å². The average molecular weight is 239 g/mol. The van der Waals surface area contributed by atoms with E-state index < -0.39 is 0 Å². The van der Waals surface area contributed by atoms with E-state index in [0.29, 0.717) is 11.8 Å². The van der Waals surface area contributed by atoms with E-state index in [-0.39, 0.29) is 0 Å². The van der Waals surface area contributed by atoms with Crippen molar-refractivity contribution in [3.05, 3.63) is 0 Å². The number of hydrogen-bond donors (Lipinski definition) is 2. The number of likely N-dealkylation sites (tertiary alicyclic amines) is 1. The third kappa shape index (κ3) is 3.12. The quantitative estimate of drug-likeness (QED) is 0.335. The van der Waals surface area contributed by atoms with Gasteiger partial charge in [0.2, 0.25) is 0 Å². The van der Waals surface area contributed by atoms with Gasteiger partial charge in [0, 0.05) is 12.0 Å². The molecule has 0 spiro atoms. The van der Waals surface area contributed by atoms with Gasteiger partial charge in [-0.25, -0.2) is 0 Å². The molecule has 0 bridgehead atoms. The molecule has 17 heavy (non-hydrogen) atoms. The van der Waals surface area contributed by atoms with Crippen LogP contribution in [0.4, 0.5) is 0 Å². The minimum atomic E-state index is 0.291. The fourth-order valence-corrected chi connectivity index (χ4v) is 3.25. The lowest BCUT2D eigenvalue weighted by Gasteiger charge is -2.40. The van der Waals surface area contributed by atoms with Crippen LogP contribution in [0.1, 0.15) is 45.4 Å². The van der Waals surface area contributed by atoms with Gasteiger partial charge in [0.05, 0.1) is 0 Å². The Morgan fingerprint density at radius 2 is 1.71 bits per heavy atom. The zero-order valence-corrected chi connectivity index (χ0v) is 10.8. The first-order chi connectivity index (χ1) is 8.20. The van der Waals surface area contributed by atoms with E-state index in [1.807, 2.05) is 0 Å². The fourth-order valence-electron chi connectivity index (χ4n) is 3.25. The van der Waals surface area contributed by atoms with Crippen LogP contribution in [0, 0.1) is 11.8 Å². The van der Waals surface area contributed by atoms with Crippen molar-refractivity contribution in [2.75, 3.05) is 13.1 Å². The highest BCUT2D eigenvalue weighted by Gasteiger charge is 2.28. The van der Waals surface area contributed by atoms with E-state index in [9.17, 15) is 0 Å². The number of nitrogens with zero attached hydrogens (tertiary/aromatic N) is 2. The summed E-state index contributed by atoms with van der Waals surface area (Å²) >= 11 is 0. The second-order valence-corrected chi connectivity index (χ2v) is 5.75. The molecule has 2 fully saturated rings. The summed E-state index contributed by atoms with van der Waals surface area (Å²) < 4.78 is 0. The van der Waals surface area contributed by atoms with Gasteiger partial charge in [-0.1, -0.05) is 12.1 Å². The smallest absolute Gasteiger partial charge is 0.142 e. The van der Waals surface area contributed by atoms with Crippen molar-refractivity contribution in [1.82, 2.24) is 4.90 Å². The van der Waals surface area contributed by atoms with Crippen LogP contribution in [0.15, 0.2) is 5.16 Å². The molecule has 0 aromatic heterocycles. The molecule has 0 aromatic rings. The Bertz CT molecular complexity index is 264. The molecule has 0 amide bonds. The molecule has 3 N–H and O–H groups in total. The maximum atomic E-state index is 8.68. The Balaban J connectivity index is 1.79. The predicted octanol–water partition coefficient (Wildman–Crippen LogP) is 2.02. The van der Waals surface area contributed by atoms with Crippen LogP contribution < -0.4 is 5.73 Å². The van der Waals surface area contributed by atoms with Crippen LogP contribution in [0.2, 0.25) is 0 Å². The highest BCUT2D eigenvalue weighted by molar-refractivity contribution is 5.82. The van der Waals surface area contributed by atoms with Crippen LogP contribution >= 0.6 is 0 Å². The van der Waals surface area contributed by atoms with Gasteiger partial charge in [-0.2, -0.15) is 0 Å². The van der Waals surface area contributed by atoms with Crippen molar-refractivity contribution in [2.45, 2.75) is 51.5 Å². The van der Waals surface area contributed by atoms with Gasteiger partial charge >= 0.3 is 0 Å². The maximum absolute atomic E-state index is 8.68. The molecule has 0 aromatic carbocycles. The fraction of sp³-hybridized carbons (Fsp3) is 0.923. The zero-order valence-electron chi connectivity index (χ0n) is 10.8. The van der Waals surface area contributed by atoms with Crippen molar-refractivity contribution in [1.29, 1.82) is 0 Å². The van der Waals surface area contributed by atoms with E-state index in [4.69, 9.17) is 10.9 Å². The molecule has 1 aliphatic heterocycles. The molecule has 0 radical (unpaired) electrons. The van der Waals surface area contributed by atoms with E-state index in [1.165, 1.54) is 25.7 Å². The Labute approximate surface area is 104 Å². The van der Waals surface area contributed by atoms with Crippen molar-refractivity contribution in [3.63, 3.8) is 0 Å². The molecule has 1 aliphatic carbocycles. The van der Waals surface area contributed by atoms with Crippen molar-refractivity contribution >= 4 is 5.84 Å². The molecule has 0 atom stereocenters. The summed E-state index contributed by atoms with van der Waals surface area (Å²) in [6.07, 6.45) is 7.56. The topological polar surface area (TPSA) is 61.8 Å². The Hall–Kier alpha value is -0.770. The van der Waals surface area contributed by atoms with Gasteiger partial charge in [-0.15, -0.1) is 0 Å². The van der Waals surface area contributed by atoms with Crippen molar-refractivity contribution in [3.8, 4) is 0 Å². The summed E-state index contributed by atoms with van der Waals surface area (Å²) in [5.74, 6) is 1.63. The molecule has 1 saturated carbocycles. The number of piperidine rings is 1. The first kappa shape index (κ1) is 12.7. The molecule has 1 saturated heterocycles. The van der Waals surface area contributed by atoms with E-state index in [1.54, 1.807) is 0 Å². The summed E-state index contributed by atoms with van der Waals surface area (Å²) in [7, 11) is 0. The predicted molar refractivity (Wildman–Crippen MR) is 69.1 cm³/mol. The van der Waals surface area contributed by atoms with E-state index >= 15 is 0 Å². The lowest BCUT2D eigenvalue weighted by molar-refractivity contribution is 0.108. The number of rotatable bonds is 2. The van der Waals surface area contributed by atoms with Crippen molar-refractivity contribution in [2.24, 2.45) is 22.7 Å². The molecule has 2 aliphatic rings. The van der Waals surface area contributed by atoms with Gasteiger partial charge in [0.15, 0.2) is 0 Å². The number of oxime groups is 1. The first-order valence-electron chi connectivity index (χ1n) is 6.92. The van der Waals surface area contributed by atoms with E-state index in [0.717, 1.165) is 37.9 Å². The molecule has 1 heterocycles. The van der Waals surface area contributed by atoms with Crippen molar-refractivity contribution < 1.29 is 5.21 Å². The summed E-state index contributed by atoms with van der Waals surface area (Å²) in [6, 6.07) is 0.791. The lowest BCUT2D eigenvalue weighted by atomic mass is 9.85. The Morgan fingerprint density at radius 1 is 1.12 bits per heavy atom. The molecular formula is C13H25N3O. The Kier molecular flexibility index (Phi) is 4.26. The van der Waals surface area contributed by atoms with Crippen LogP contribution in [0.25, 0.3) is 0 Å². The largest absolute Gasteiger partial charge is 0.409 e. The second kappa shape index (κ2) is 5.71. The minimum Gasteiger partial charge on any atom is -0.409 e. The Morgan fingerprint density at radius 3 is 2.24 bits per heavy atom. The standard InChI is InChI=1S/C13H25N3O/c1-10-2-4-12(5-3-10)16-8-6-11(7-9-16)13(14)15-17/h10-12,17H,2-9H2,1H3,(H2,14,15). The maximum Gasteiger partial charge on any atom is 0.142 e. The monoisotopic (exact) mass is 239 g/mol. The summed E-state index contributed by atoms with van der Waals surface area (Å²) in [5, 5.41) is 11.8. The second-order valence-electron chi connectivity index (χ2n) is 5.75. The number of amidine groups is 1. The van der Waals surface area contributed by atoms with Gasteiger partial charge in [-0.3, -0.25) is 0 Å². The van der Waals surface area contributed by atoms with E-state index in [2.05, 4.69) is 17.0 Å². The van der Waals surface area contributed by atoms with Crippen LogP contribution in [-0.4, -0.2) is 35.1 Å². The molecule has 2 rings (SSSR count). The first-order valence-corrected chi connectivity index (χ1v) is 6.92. The van der Waals surface area contributed by atoms with Crippen LogP contribution in [0.3, 0.4) is 0 Å². The van der Waals surface area contributed by atoms with Gasteiger partial charge in [0.1, 0.15) is 5.84 Å². The normalized spacial score (nSPS) is 33.8. The summed E-state index contributed by atoms with van der Waals surface area (Å²) in [4.78, 5) is 2.62. The summed E-state index contributed by atoms with van der Waals surface area (Å²) in [6.45, 7) is 4.58. The third-order valence-electron chi connectivity index (χ3n) is 4.57. The van der Waals surface area contributed by atoms with Gasteiger partial charge < -0.3 is 15.8 Å². The molecule has 98 valence electrons. The SMILES string of the molecule is CC1CCC(N2CCC(C(N)=NO)CC2)CC1. The molecular weight excluding hydrogens is 214 g/mol. The zero-order chi connectivity index (χ0) is 12.3. The van der Waals surface area contributed by atoms with Crippen LogP contribution in [0.5, 0.6) is 0 Å². The number of nitrogens with two attached hydrogens (primary N) is 1. The molecule has 0 unspecified atom stereocenters. The summed E-state index contributed by atoms with van der Waals surface area (Å²) in [5.41, 5.74) is 5.67. The third-order valence-corrected chi connectivity index (χ3v) is 4.57. The minimum absolute atomic E-state index is 0.291. The highest BCUT2D eigenvalue weighted by atomic mass is 16.4. The lowest BCUT2D eigenvalue weighted by Crippen LogP contribution is -2.45. The number of hydrogen-bond acceptors (Lipinski definition) is 3. The molecule has 4 heteroatoms. The van der Waals surface area contributed by atoms with Crippen LogP contribution in [-0.2, 0) is 0 Å².